The van der Waals surface area contributed by atoms with Gasteiger partial charge in [0.15, 0.2) is 0 Å². The second-order valence-electron chi connectivity index (χ2n) is 4.99. The number of likely N-dealkylation sites (tertiary alicyclic amines) is 1. The number of amides is 1. The molecule has 2 N–H and O–H groups in total. The summed E-state index contributed by atoms with van der Waals surface area (Å²) in [5.74, 6) is 0.809. The van der Waals surface area contributed by atoms with Crippen molar-refractivity contribution in [3.05, 3.63) is 0 Å². The molecule has 3 unspecified atom stereocenters. The van der Waals surface area contributed by atoms with E-state index >= 15 is 0 Å². The highest BCUT2D eigenvalue weighted by atomic mass is 16.5. The number of ether oxygens (including phenoxy) is 1. The number of rotatable bonds is 3. The predicted octanol–water partition coefficient (Wildman–Crippen LogP) is 0.751. The van der Waals surface area contributed by atoms with Gasteiger partial charge < -0.3 is 15.4 Å². The van der Waals surface area contributed by atoms with Crippen molar-refractivity contribution in [3.8, 4) is 0 Å². The molecule has 4 nitrogen and oxygen atoms in total. The van der Waals surface area contributed by atoms with Gasteiger partial charge in [-0.05, 0) is 25.2 Å². The van der Waals surface area contributed by atoms with Gasteiger partial charge in [0.2, 0.25) is 5.91 Å². The summed E-state index contributed by atoms with van der Waals surface area (Å²) in [5.41, 5.74) is 5.81. The molecule has 1 saturated heterocycles. The van der Waals surface area contributed by atoms with E-state index in [2.05, 4.69) is 0 Å². The number of methoxy groups -OCH3 is 1. The van der Waals surface area contributed by atoms with Gasteiger partial charge in [0.1, 0.15) is 6.04 Å². The molecule has 0 aromatic heterocycles. The molecule has 0 radical (unpaired) electrons. The van der Waals surface area contributed by atoms with Crippen LogP contribution in [0.25, 0.3) is 0 Å². The second kappa shape index (κ2) is 5.15. The van der Waals surface area contributed by atoms with E-state index < -0.39 is 6.04 Å². The topological polar surface area (TPSA) is 55.6 Å². The minimum atomic E-state index is -0.481. The first-order valence-electron chi connectivity index (χ1n) is 6.29. The molecule has 1 heterocycles. The molecular formula is C12H22N2O2. The zero-order chi connectivity index (χ0) is 11.5. The van der Waals surface area contributed by atoms with E-state index in [1.807, 2.05) is 4.90 Å². The van der Waals surface area contributed by atoms with Crippen LogP contribution in [0.5, 0.6) is 0 Å². The van der Waals surface area contributed by atoms with E-state index in [0.717, 1.165) is 25.3 Å². The molecular weight excluding hydrogens is 204 g/mol. The number of nitrogens with two attached hydrogens (primary N) is 1. The molecule has 2 fully saturated rings. The SMILES string of the molecule is COCC(N)C(=O)N1CCC2CCCCC21. The van der Waals surface area contributed by atoms with Crippen LogP contribution in [0.15, 0.2) is 0 Å². The molecule has 4 heteroatoms. The Hall–Kier alpha value is -0.610. The molecule has 1 amide bonds. The summed E-state index contributed by atoms with van der Waals surface area (Å²) in [6.07, 6.45) is 6.19. The van der Waals surface area contributed by atoms with Crippen molar-refractivity contribution in [2.75, 3.05) is 20.3 Å². The fourth-order valence-corrected chi connectivity index (χ4v) is 3.14. The fraction of sp³-hybridized carbons (Fsp3) is 0.917. The van der Waals surface area contributed by atoms with Crippen molar-refractivity contribution < 1.29 is 9.53 Å². The lowest BCUT2D eigenvalue weighted by Crippen LogP contribution is -2.49. The van der Waals surface area contributed by atoms with Crippen LogP contribution in [0, 0.1) is 5.92 Å². The summed E-state index contributed by atoms with van der Waals surface area (Å²) in [5, 5.41) is 0. The number of carbonyl (C=O) groups excluding carboxylic acids is 1. The molecule has 0 aromatic rings. The Balaban J connectivity index is 1.96. The lowest BCUT2D eigenvalue weighted by atomic mass is 9.85. The van der Waals surface area contributed by atoms with Gasteiger partial charge in [0, 0.05) is 19.7 Å². The molecule has 2 rings (SSSR count). The smallest absolute Gasteiger partial charge is 0.242 e. The van der Waals surface area contributed by atoms with Crippen molar-refractivity contribution in [3.63, 3.8) is 0 Å². The third-order valence-corrected chi connectivity index (χ3v) is 3.96. The van der Waals surface area contributed by atoms with Crippen molar-refractivity contribution in [1.82, 2.24) is 4.90 Å². The van der Waals surface area contributed by atoms with Crippen LogP contribution in [0.4, 0.5) is 0 Å². The van der Waals surface area contributed by atoms with Crippen LogP contribution in [0.1, 0.15) is 32.1 Å². The molecule has 0 spiro atoms. The molecule has 16 heavy (non-hydrogen) atoms. The van der Waals surface area contributed by atoms with Gasteiger partial charge in [-0.3, -0.25) is 4.79 Å². The minimum absolute atomic E-state index is 0.0799. The fourth-order valence-electron chi connectivity index (χ4n) is 3.14. The largest absolute Gasteiger partial charge is 0.383 e. The van der Waals surface area contributed by atoms with Gasteiger partial charge in [0.05, 0.1) is 6.61 Å². The standard InChI is InChI=1S/C12H22N2O2/c1-16-8-10(13)12(15)14-7-6-9-4-2-3-5-11(9)14/h9-11H,2-8,13H2,1H3. The van der Waals surface area contributed by atoms with Gasteiger partial charge in [0.25, 0.3) is 0 Å². The maximum absolute atomic E-state index is 12.1. The predicted molar refractivity (Wildman–Crippen MR) is 61.9 cm³/mol. The highest BCUT2D eigenvalue weighted by molar-refractivity contribution is 5.82. The highest BCUT2D eigenvalue weighted by Crippen LogP contribution is 2.36. The van der Waals surface area contributed by atoms with Crippen LogP contribution in [-0.4, -0.2) is 43.2 Å². The Morgan fingerprint density at radius 2 is 2.19 bits per heavy atom. The summed E-state index contributed by atoms with van der Waals surface area (Å²) in [7, 11) is 1.58. The van der Waals surface area contributed by atoms with Crippen molar-refractivity contribution in [1.29, 1.82) is 0 Å². The zero-order valence-electron chi connectivity index (χ0n) is 10.0. The van der Waals surface area contributed by atoms with E-state index in [9.17, 15) is 4.79 Å². The first kappa shape index (κ1) is 11.9. The third kappa shape index (κ3) is 2.23. The lowest BCUT2D eigenvalue weighted by Gasteiger charge is -2.32. The van der Waals surface area contributed by atoms with E-state index in [1.54, 1.807) is 7.11 Å². The van der Waals surface area contributed by atoms with E-state index in [0.29, 0.717) is 12.6 Å². The molecule has 1 aliphatic heterocycles. The van der Waals surface area contributed by atoms with Crippen molar-refractivity contribution in [2.24, 2.45) is 11.7 Å². The van der Waals surface area contributed by atoms with Crippen molar-refractivity contribution in [2.45, 2.75) is 44.2 Å². The van der Waals surface area contributed by atoms with Crippen LogP contribution in [0.2, 0.25) is 0 Å². The van der Waals surface area contributed by atoms with E-state index in [1.165, 1.54) is 19.3 Å². The summed E-state index contributed by atoms with van der Waals surface area (Å²) >= 11 is 0. The van der Waals surface area contributed by atoms with Gasteiger partial charge in [-0.25, -0.2) is 0 Å². The number of nitrogens with zero attached hydrogens (tertiary/aromatic N) is 1. The number of carbonyl (C=O) groups is 1. The van der Waals surface area contributed by atoms with Gasteiger partial charge in [-0.1, -0.05) is 12.8 Å². The number of hydrogen-bond donors (Lipinski definition) is 1. The summed E-state index contributed by atoms with van der Waals surface area (Å²) in [6.45, 7) is 1.22. The van der Waals surface area contributed by atoms with Crippen LogP contribution in [-0.2, 0) is 9.53 Å². The van der Waals surface area contributed by atoms with Gasteiger partial charge >= 0.3 is 0 Å². The number of hydrogen-bond acceptors (Lipinski definition) is 3. The number of fused-ring (bicyclic) bond motifs is 1. The monoisotopic (exact) mass is 226 g/mol. The summed E-state index contributed by atoms with van der Waals surface area (Å²) in [4.78, 5) is 14.1. The van der Waals surface area contributed by atoms with Crippen LogP contribution < -0.4 is 5.73 Å². The van der Waals surface area contributed by atoms with Gasteiger partial charge in [-0.15, -0.1) is 0 Å². The summed E-state index contributed by atoms with van der Waals surface area (Å²) < 4.78 is 4.95. The Bertz CT molecular complexity index is 257. The molecule has 3 atom stereocenters. The van der Waals surface area contributed by atoms with Gasteiger partial charge in [-0.2, -0.15) is 0 Å². The molecule has 1 aliphatic carbocycles. The van der Waals surface area contributed by atoms with Crippen molar-refractivity contribution >= 4 is 5.91 Å². The lowest BCUT2D eigenvalue weighted by molar-refractivity contribution is -0.135. The Morgan fingerprint density at radius 1 is 1.44 bits per heavy atom. The average molecular weight is 226 g/mol. The summed E-state index contributed by atoms with van der Waals surface area (Å²) in [6, 6.07) is -0.0187. The molecule has 92 valence electrons. The molecule has 1 saturated carbocycles. The molecule has 2 aliphatic rings. The average Bonchev–Trinajstić information content (AvgIpc) is 2.72. The minimum Gasteiger partial charge on any atom is -0.383 e. The normalized spacial score (nSPS) is 31.2. The van der Waals surface area contributed by atoms with E-state index in [4.69, 9.17) is 10.5 Å². The van der Waals surface area contributed by atoms with Crippen LogP contribution in [0.3, 0.4) is 0 Å². The first-order valence-corrected chi connectivity index (χ1v) is 6.29. The third-order valence-electron chi connectivity index (χ3n) is 3.96. The van der Waals surface area contributed by atoms with E-state index in [-0.39, 0.29) is 5.91 Å². The second-order valence-corrected chi connectivity index (χ2v) is 4.99. The maximum Gasteiger partial charge on any atom is 0.242 e. The Labute approximate surface area is 97.1 Å². The quantitative estimate of drug-likeness (QED) is 0.772. The van der Waals surface area contributed by atoms with Crippen LogP contribution >= 0.6 is 0 Å². The maximum atomic E-state index is 12.1. The first-order chi connectivity index (χ1) is 7.74. The molecule has 0 aromatic carbocycles. The highest BCUT2D eigenvalue weighted by Gasteiger charge is 2.39. The molecule has 0 bridgehead atoms. The zero-order valence-corrected chi connectivity index (χ0v) is 10.0. The Kier molecular flexibility index (Phi) is 3.82. The Morgan fingerprint density at radius 3 is 2.94 bits per heavy atom.